The fourth-order valence-electron chi connectivity index (χ4n) is 5.44. The Labute approximate surface area is 259 Å². The van der Waals surface area contributed by atoms with Crippen LogP contribution in [0.25, 0.3) is 16.7 Å². The van der Waals surface area contributed by atoms with E-state index < -0.39 is 22.0 Å². The lowest BCUT2D eigenvalue weighted by Gasteiger charge is -2.24. The predicted molar refractivity (Wildman–Crippen MR) is 167 cm³/mol. The molecule has 0 radical (unpaired) electrons. The minimum atomic E-state index is -4.01. The number of aromatic nitrogens is 5. The Hall–Kier alpha value is -5.31. The van der Waals surface area contributed by atoms with E-state index in [0.29, 0.717) is 52.9 Å². The van der Waals surface area contributed by atoms with Crippen molar-refractivity contribution in [3.8, 4) is 22.9 Å². The summed E-state index contributed by atoms with van der Waals surface area (Å²) in [5.41, 5.74) is 7.49. The summed E-state index contributed by atoms with van der Waals surface area (Å²) in [6, 6.07) is 11.2. The van der Waals surface area contributed by atoms with Gasteiger partial charge in [-0.2, -0.15) is 9.97 Å². The van der Waals surface area contributed by atoms with Crippen LogP contribution in [0, 0.1) is 6.92 Å². The number of hydrogen-bond acceptors (Lipinski definition) is 11. The summed E-state index contributed by atoms with van der Waals surface area (Å²) in [5, 5.41) is 3.56. The first-order chi connectivity index (χ1) is 21.6. The Bertz CT molecular complexity index is 1980. The maximum absolute atomic E-state index is 13.8. The molecule has 0 unspecified atom stereocenters. The van der Waals surface area contributed by atoms with Gasteiger partial charge in [0, 0.05) is 24.9 Å². The molecule has 45 heavy (non-hydrogen) atoms. The van der Waals surface area contributed by atoms with E-state index in [-0.39, 0.29) is 16.5 Å². The number of rotatable bonds is 10. The first-order valence-corrected chi connectivity index (χ1v) is 15.5. The van der Waals surface area contributed by atoms with Crippen molar-refractivity contribution >= 4 is 44.5 Å². The Kier molecular flexibility index (Phi) is 7.70. The highest BCUT2D eigenvalue weighted by atomic mass is 32.2. The third kappa shape index (κ3) is 5.35. The molecule has 0 spiro atoms. The van der Waals surface area contributed by atoms with Crippen molar-refractivity contribution in [1.29, 1.82) is 0 Å². The van der Waals surface area contributed by atoms with Gasteiger partial charge in [0.1, 0.15) is 18.2 Å². The Balaban J connectivity index is 1.44. The largest absolute Gasteiger partial charge is 0.493 e. The lowest BCUT2D eigenvalue weighted by atomic mass is 10.2. The minimum absolute atomic E-state index is 0.0850. The van der Waals surface area contributed by atoms with Gasteiger partial charge in [-0.1, -0.05) is 17.7 Å². The standard InChI is InChI=1S/C30H32N8O6S/c1-18-7-9-20(10-8-18)45(40,41)38-13-11-21-28(37-12-5-6-22(37)27(31)39)34-30(35-29(21)38)33-25-16-36(17-32-25)19-14-23(42-2)26(44-4)24(15-19)43-3/h7-11,13-17,22H,5-6,12H2,1-4H3,(H2,31,39)(H,33,34,35)/t22-/m0/s1. The number of methoxy groups -OCH3 is 3. The molecule has 1 aliphatic heterocycles. The molecule has 1 saturated heterocycles. The number of carbonyl (C=O) groups is 1. The summed E-state index contributed by atoms with van der Waals surface area (Å²) in [4.78, 5) is 28.0. The van der Waals surface area contributed by atoms with Gasteiger partial charge in [0.25, 0.3) is 10.0 Å². The van der Waals surface area contributed by atoms with Crippen LogP contribution in [-0.4, -0.2) is 71.7 Å². The molecule has 5 aromatic rings. The van der Waals surface area contributed by atoms with Crippen molar-refractivity contribution in [2.45, 2.75) is 30.7 Å². The summed E-state index contributed by atoms with van der Waals surface area (Å²) >= 11 is 0. The molecular formula is C30H32N8O6S. The van der Waals surface area contributed by atoms with E-state index in [1.54, 1.807) is 64.5 Å². The van der Waals surface area contributed by atoms with Crippen molar-refractivity contribution in [2.75, 3.05) is 38.1 Å². The molecule has 1 fully saturated rings. The molecule has 2 aromatic carbocycles. The number of imidazole rings is 1. The summed E-state index contributed by atoms with van der Waals surface area (Å²) < 4.78 is 46.7. The smallest absolute Gasteiger partial charge is 0.269 e. The second kappa shape index (κ2) is 11.6. The number of hydrogen-bond donors (Lipinski definition) is 2. The zero-order chi connectivity index (χ0) is 31.9. The average Bonchev–Trinajstić information content (AvgIpc) is 3.80. The lowest BCUT2D eigenvalue weighted by molar-refractivity contribution is -0.119. The summed E-state index contributed by atoms with van der Waals surface area (Å²) in [6.45, 7) is 2.40. The van der Waals surface area contributed by atoms with Crippen molar-refractivity contribution in [1.82, 2.24) is 23.5 Å². The van der Waals surface area contributed by atoms with Gasteiger partial charge in [-0.25, -0.2) is 17.4 Å². The van der Waals surface area contributed by atoms with Gasteiger partial charge in [0.15, 0.2) is 23.0 Å². The van der Waals surface area contributed by atoms with Crippen LogP contribution in [0.4, 0.5) is 17.6 Å². The number of carbonyl (C=O) groups excluding carboxylic acids is 1. The second-order valence-corrected chi connectivity index (χ2v) is 12.3. The topological polar surface area (TPSA) is 169 Å². The number of nitrogens with zero attached hydrogens (tertiary/aromatic N) is 6. The number of anilines is 3. The molecule has 0 bridgehead atoms. The van der Waals surface area contributed by atoms with E-state index in [1.807, 2.05) is 6.92 Å². The van der Waals surface area contributed by atoms with Gasteiger partial charge in [-0.15, -0.1) is 0 Å². The molecule has 3 N–H and O–H groups in total. The third-order valence-corrected chi connectivity index (χ3v) is 9.37. The van der Waals surface area contributed by atoms with E-state index in [1.165, 1.54) is 27.5 Å². The molecule has 4 heterocycles. The number of nitrogens with one attached hydrogen (secondary N) is 1. The van der Waals surface area contributed by atoms with Crippen LogP contribution in [0.15, 0.2) is 66.1 Å². The Morgan fingerprint density at radius 2 is 1.73 bits per heavy atom. The van der Waals surface area contributed by atoms with E-state index in [4.69, 9.17) is 24.9 Å². The molecule has 1 amide bonds. The Morgan fingerprint density at radius 1 is 1.02 bits per heavy atom. The van der Waals surface area contributed by atoms with Crippen LogP contribution in [0.2, 0.25) is 0 Å². The summed E-state index contributed by atoms with van der Waals surface area (Å²) in [6.07, 6.45) is 6.01. The van der Waals surface area contributed by atoms with Crippen molar-refractivity contribution in [3.63, 3.8) is 0 Å². The summed E-state index contributed by atoms with van der Waals surface area (Å²) in [7, 11) is 0.579. The molecule has 3 aromatic heterocycles. The second-order valence-electron chi connectivity index (χ2n) is 10.5. The van der Waals surface area contributed by atoms with E-state index in [2.05, 4.69) is 15.3 Å². The normalized spacial score (nSPS) is 14.9. The van der Waals surface area contributed by atoms with Gasteiger partial charge in [-0.3, -0.25) is 4.79 Å². The maximum atomic E-state index is 13.8. The highest BCUT2D eigenvalue weighted by molar-refractivity contribution is 7.90. The highest BCUT2D eigenvalue weighted by Crippen LogP contribution is 2.39. The number of amides is 1. The van der Waals surface area contributed by atoms with Gasteiger partial charge in [-0.05, 0) is 38.0 Å². The van der Waals surface area contributed by atoms with Crippen molar-refractivity contribution in [2.24, 2.45) is 5.73 Å². The molecule has 6 rings (SSSR count). The zero-order valence-electron chi connectivity index (χ0n) is 25.1. The number of nitrogens with two attached hydrogens (primary N) is 1. The van der Waals surface area contributed by atoms with Crippen LogP contribution < -0.4 is 30.2 Å². The molecule has 0 aliphatic carbocycles. The fourth-order valence-corrected chi connectivity index (χ4v) is 6.74. The predicted octanol–water partition coefficient (Wildman–Crippen LogP) is 3.39. The average molecular weight is 633 g/mol. The molecule has 1 aliphatic rings. The number of primary amides is 1. The molecule has 15 heteroatoms. The zero-order valence-corrected chi connectivity index (χ0v) is 25.9. The fraction of sp³-hybridized carbons (Fsp3) is 0.267. The van der Waals surface area contributed by atoms with Gasteiger partial charge >= 0.3 is 0 Å². The number of benzene rings is 2. The molecule has 0 saturated carbocycles. The molecule has 14 nitrogen and oxygen atoms in total. The summed E-state index contributed by atoms with van der Waals surface area (Å²) in [5.74, 6) is 1.77. The quantitative estimate of drug-likeness (QED) is 0.231. The molecule has 234 valence electrons. The highest BCUT2D eigenvalue weighted by Gasteiger charge is 2.33. The Morgan fingerprint density at radius 3 is 2.38 bits per heavy atom. The van der Waals surface area contributed by atoms with E-state index >= 15 is 0 Å². The molecular weight excluding hydrogens is 600 g/mol. The van der Waals surface area contributed by atoms with Gasteiger partial charge < -0.3 is 34.7 Å². The minimum Gasteiger partial charge on any atom is -0.493 e. The van der Waals surface area contributed by atoms with Crippen LogP contribution in [0.1, 0.15) is 18.4 Å². The van der Waals surface area contributed by atoms with Crippen molar-refractivity contribution in [3.05, 3.63) is 66.7 Å². The molecule has 1 atom stereocenters. The lowest BCUT2D eigenvalue weighted by Crippen LogP contribution is -2.40. The first-order valence-electron chi connectivity index (χ1n) is 14.0. The van der Waals surface area contributed by atoms with E-state index in [9.17, 15) is 13.2 Å². The monoisotopic (exact) mass is 632 g/mol. The van der Waals surface area contributed by atoms with Crippen LogP contribution in [0.5, 0.6) is 17.2 Å². The maximum Gasteiger partial charge on any atom is 0.269 e. The third-order valence-electron chi connectivity index (χ3n) is 7.69. The van der Waals surface area contributed by atoms with Crippen LogP contribution in [0.3, 0.4) is 0 Å². The number of aryl methyl sites for hydroxylation is 1. The van der Waals surface area contributed by atoms with Gasteiger partial charge in [0.05, 0.1) is 43.5 Å². The van der Waals surface area contributed by atoms with Crippen molar-refractivity contribution < 1.29 is 27.4 Å². The van der Waals surface area contributed by atoms with Crippen LogP contribution >= 0.6 is 0 Å². The van der Waals surface area contributed by atoms with E-state index in [0.717, 1.165) is 16.0 Å². The SMILES string of the molecule is COc1cc(-n2cnc(Nc3nc(N4CCC[C@H]4C(N)=O)c4ccn(S(=O)(=O)c5ccc(C)cc5)c4n3)c2)cc(OC)c1OC. The van der Waals surface area contributed by atoms with Crippen LogP contribution in [-0.2, 0) is 14.8 Å². The number of fused-ring (bicyclic) bond motifs is 1. The first kappa shape index (κ1) is 29.7. The van der Waals surface area contributed by atoms with Gasteiger partial charge in [0.2, 0.25) is 17.6 Å². The number of ether oxygens (including phenoxy) is 3.